The molecule has 21 heteroatoms. The summed E-state index contributed by atoms with van der Waals surface area (Å²) < 4.78 is 61.9. The molecule has 0 aliphatic carbocycles. The van der Waals surface area contributed by atoms with Crippen molar-refractivity contribution in [3.63, 3.8) is 0 Å². The number of carboxylic acids is 1. The number of nitrogens with one attached hydrogen (secondary N) is 3. The van der Waals surface area contributed by atoms with Crippen LogP contribution in [0.4, 0.5) is 16.2 Å². The number of rotatable bonds is 26. The Morgan fingerprint density at radius 3 is 2.10 bits per heavy atom. The molecule has 19 nitrogen and oxygen atoms in total. The van der Waals surface area contributed by atoms with E-state index in [-0.39, 0.29) is 54.8 Å². The van der Waals surface area contributed by atoms with E-state index in [0.717, 1.165) is 15.9 Å². The van der Waals surface area contributed by atoms with E-state index >= 15 is 0 Å². The number of amides is 2. The molecule has 4 aromatic rings. The molecule has 0 radical (unpaired) electrons. The minimum absolute atomic E-state index is 0.0734. The lowest BCUT2D eigenvalue weighted by atomic mass is 9.85. The Kier molecular flexibility index (Phi) is 20.3. The zero-order valence-electron chi connectivity index (χ0n) is 43.2. The van der Waals surface area contributed by atoms with Crippen LogP contribution in [0.2, 0.25) is 0 Å². The lowest BCUT2D eigenvalue weighted by Gasteiger charge is -2.36. The number of aromatic nitrogens is 2. The Balaban J connectivity index is 0.957. The molecule has 2 aromatic heterocycles. The van der Waals surface area contributed by atoms with Gasteiger partial charge in [-0.2, -0.15) is 0 Å². The lowest BCUT2D eigenvalue weighted by Crippen LogP contribution is -2.57. The molecule has 3 heterocycles. The molecule has 2 aromatic carbocycles. The number of thiazole rings is 1. The topological polar surface area (TPSA) is 229 Å². The van der Waals surface area contributed by atoms with Gasteiger partial charge in [-0.05, 0) is 90.6 Å². The predicted octanol–water partition coefficient (Wildman–Crippen LogP) is 6.51. The van der Waals surface area contributed by atoms with Crippen molar-refractivity contribution in [1.29, 1.82) is 0 Å². The maximum Gasteiger partial charge on any atom is 0.410 e. The zero-order chi connectivity index (χ0) is 52.1. The summed E-state index contributed by atoms with van der Waals surface area (Å²) in [5.41, 5.74) is 3.57. The van der Waals surface area contributed by atoms with Crippen molar-refractivity contribution in [3.8, 4) is 5.75 Å². The summed E-state index contributed by atoms with van der Waals surface area (Å²) in [6, 6.07) is 8.79. The number of carboxylic acid groups (broad SMARTS) is 1. The van der Waals surface area contributed by atoms with Crippen molar-refractivity contribution < 1.29 is 56.3 Å². The fourth-order valence-corrected chi connectivity index (χ4v) is 9.62. The molecule has 0 saturated carbocycles. The third-order valence-electron chi connectivity index (χ3n) is 11.7. The van der Waals surface area contributed by atoms with E-state index in [1.165, 1.54) is 9.80 Å². The van der Waals surface area contributed by atoms with Gasteiger partial charge in [0, 0.05) is 67.8 Å². The summed E-state index contributed by atoms with van der Waals surface area (Å²) >= 11 is 1.56. The first-order chi connectivity index (χ1) is 33.4. The number of hydrogen-bond acceptors (Lipinski definition) is 17. The second-order valence-corrected chi connectivity index (χ2v) is 24.2. The van der Waals surface area contributed by atoms with Crippen LogP contribution in [0.25, 0.3) is 21.1 Å². The highest BCUT2D eigenvalue weighted by Crippen LogP contribution is 2.38. The number of anilines is 2. The Morgan fingerprint density at radius 2 is 1.49 bits per heavy atom. The monoisotopic (exact) mass is 1030 g/mol. The van der Waals surface area contributed by atoms with Crippen molar-refractivity contribution >= 4 is 71.6 Å². The first-order valence-electron chi connectivity index (χ1n) is 24.0. The van der Waals surface area contributed by atoms with Gasteiger partial charge in [0.2, 0.25) is 5.91 Å². The van der Waals surface area contributed by atoms with Gasteiger partial charge in [-0.25, -0.2) is 23.0 Å². The van der Waals surface area contributed by atoms with E-state index in [2.05, 4.69) is 25.9 Å². The fourth-order valence-electron chi connectivity index (χ4n) is 7.64. The normalized spacial score (nSPS) is 16.6. The molecular formula is C50H75N7O12S2. The molecule has 1 aliphatic heterocycles. The van der Waals surface area contributed by atoms with Gasteiger partial charge in [0.1, 0.15) is 28.9 Å². The van der Waals surface area contributed by atoms with E-state index in [0.29, 0.717) is 75.9 Å². The van der Waals surface area contributed by atoms with Gasteiger partial charge in [-0.1, -0.05) is 20.8 Å². The quantitative estimate of drug-likeness (QED) is 0.0492. The van der Waals surface area contributed by atoms with Crippen LogP contribution in [0, 0.1) is 5.41 Å². The van der Waals surface area contributed by atoms with Crippen LogP contribution in [0.5, 0.6) is 5.75 Å². The summed E-state index contributed by atoms with van der Waals surface area (Å²) in [4.78, 5) is 50.8. The molecule has 71 heavy (non-hydrogen) atoms. The number of carbonyl (C=O) groups excluding carboxylic acids is 2. The van der Waals surface area contributed by atoms with Gasteiger partial charge in [-0.3, -0.25) is 9.78 Å². The highest BCUT2D eigenvalue weighted by atomic mass is 32.2. The van der Waals surface area contributed by atoms with Gasteiger partial charge < -0.3 is 59.3 Å². The first-order valence-corrected chi connectivity index (χ1v) is 26.4. The highest BCUT2D eigenvalue weighted by Gasteiger charge is 2.44. The molecule has 2 amide bonds. The summed E-state index contributed by atoms with van der Waals surface area (Å²) in [6.45, 7) is 21.7. The van der Waals surface area contributed by atoms with Crippen molar-refractivity contribution in [2.45, 2.75) is 115 Å². The summed E-state index contributed by atoms with van der Waals surface area (Å²) in [7, 11) is -2.17. The molecule has 1 aliphatic rings. The zero-order valence-corrected chi connectivity index (χ0v) is 44.8. The number of nitrogens with zero attached hydrogens (tertiary/aromatic N) is 4. The Labute approximate surface area is 422 Å². The van der Waals surface area contributed by atoms with Crippen LogP contribution >= 0.6 is 11.3 Å². The molecule has 0 bridgehead atoms. The number of benzene rings is 2. The van der Waals surface area contributed by atoms with Crippen LogP contribution < -0.4 is 20.7 Å². The number of sulfone groups is 1. The Morgan fingerprint density at radius 1 is 0.859 bits per heavy atom. The van der Waals surface area contributed by atoms with Crippen molar-refractivity contribution in [2.24, 2.45) is 5.41 Å². The summed E-state index contributed by atoms with van der Waals surface area (Å²) in [5.74, 6) is -1.16. The standard InChI is InChI=1S/C50H75N7O12S2/c1-33(56(11)47(61)69-49(5,6)7)30-53-44(48(2,3)4)45(58)57-31-35(27-40(57)46(59)60)51-16-17-64-18-19-65-20-21-66-22-23-67-24-25-68-41-29-38-36(28-43(41)71(62,63)50(8,9)10)37(14-15-52-38)55-34-12-13-42-39(26-34)54-32-70-42/h12-15,26,28-29,32-33,35,40,44,51,53H,16-25,27,30-31H2,1-11H3,(H,52,55)(H,59,60)/t33-,35-,40-,44+/m0/s1. The van der Waals surface area contributed by atoms with E-state index in [9.17, 15) is 27.9 Å². The number of pyridine rings is 1. The minimum atomic E-state index is -3.82. The average Bonchev–Trinajstić information content (AvgIpc) is 3.94. The minimum Gasteiger partial charge on any atom is -0.490 e. The third-order valence-corrected chi connectivity index (χ3v) is 15.1. The highest BCUT2D eigenvalue weighted by molar-refractivity contribution is 7.92. The maximum atomic E-state index is 14.0. The van der Waals surface area contributed by atoms with E-state index in [1.54, 1.807) is 83.8 Å². The van der Waals surface area contributed by atoms with Gasteiger partial charge in [0.05, 0.1) is 84.9 Å². The van der Waals surface area contributed by atoms with Crippen LogP contribution in [0.3, 0.4) is 0 Å². The van der Waals surface area contributed by atoms with Gasteiger partial charge in [-0.15, -0.1) is 11.3 Å². The van der Waals surface area contributed by atoms with Gasteiger partial charge in [0.25, 0.3) is 0 Å². The van der Waals surface area contributed by atoms with Crippen LogP contribution in [-0.2, 0) is 43.1 Å². The number of likely N-dealkylation sites (tertiary alicyclic amines) is 1. The largest absolute Gasteiger partial charge is 0.490 e. The number of likely N-dealkylation sites (N-methyl/N-ethyl adjacent to an activating group) is 1. The SMILES string of the molecule is C[C@@H](CN[C@H](C(=O)N1C[C@@H](NCCOCCOCCOCCOCCOc2cc3nccc(Nc4ccc5scnc5c4)c3cc2S(=O)(=O)C(C)(C)C)C[C@H]1C(=O)O)C(C)(C)C)N(C)C(=O)OC(C)(C)C. The summed E-state index contributed by atoms with van der Waals surface area (Å²) in [6.07, 6.45) is 1.46. The molecule has 4 N–H and O–H groups in total. The van der Waals surface area contributed by atoms with E-state index < -0.39 is 49.7 Å². The van der Waals surface area contributed by atoms with Crippen molar-refractivity contribution in [1.82, 2.24) is 30.4 Å². The Bertz CT molecular complexity index is 2500. The van der Waals surface area contributed by atoms with Gasteiger partial charge in [0.15, 0.2) is 9.84 Å². The number of carbonyl (C=O) groups is 3. The second kappa shape index (κ2) is 25.3. The molecular weight excluding hydrogens is 955 g/mol. The van der Waals surface area contributed by atoms with Crippen LogP contribution in [0.1, 0.15) is 75.7 Å². The predicted molar refractivity (Wildman–Crippen MR) is 275 cm³/mol. The number of hydrogen-bond donors (Lipinski definition) is 4. The number of aliphatic carboxylic acids is 1. The van der Waals surface area contributed by atoms with Crippen molar-refractivity contribution in [3.05, 3.63) is 48.1 Å². The molecule has 0 unspecified atom stereocenters. The molecule has 1 saturated heterocycles. The third kappa shape index (κ3) is 16.4. The van der Waals surface area contributed by atoms with Gasteiger partial charge >= 0.3 is 12.1 Å². The molecule has 394 valence electrons. The molecule has 4 atom stereocenters. The number of ether oxygens (including phenoxy) is 6. The van der Waals surface area contributed by atoms with Crippen LogP contribution in [-0.4, -0.2) is 172 Å². The number of fused-ring (bicyclic) bond motifs is 2. The smallest absolute Gasteiger partial charge is 0.410 e. The lowest BCUT2D eigenvalue weighted by molar-refractivity contribution is -0.150. The van der Waals surface area contributed by atoms with Crippen LogP contribution in [0.15, 0.2) is 53.0 Å². The molecule has 1 fully saturated rings. The Hall–Kier alpha value is -4.74. The fraction of sp³-hybridized carbons (Fsp3) is 0.620. The second-order valence-electron chi connectivity index (χ2n) is 20.6. The summed E-state index contributed by atoms with van der Waals surface area (Å²) in [5, 5.41) is 20.8. The average molecular weight is 1030 g/mol. The molecule has 0 spiro atoms. The van der Waals surface area contributed by atoms with E-state index in [1.807, 2.05) is 52.0 Å². The maximum absolute atomic E-state index is 14.0. The molecule has 5 rings (SSSR count). The van der Waals surface area contributed by atoms with E-state index in [4.69, 9.17) is 28.4 Å². The van der Waals surface area contributed by atoms with Crippen molar-refractivity contribution in [2.75, 3.05) is 91.5 Å². The first kappa shape index (κ1) is 57.2.